The second-order valence-corrected chi connectivity index (χ2v) is 8.13. The van der Waals surface area contributed by atoms with Crippen molar-refractivity contribution in [3.05, 3.63) is 70.8 Å². The number of para-hydroxylation sites is 1. The number of nitrogens with zero attached hydrogens (tertiary/aromatic N) is 3. The largest absolute Gasteiger partial charge is 0.369 e. The molecule has 0 radical (unpaired) electrons. The lowest BCUT2D eigenvalue weighted by atomic mass is 10.0. The number of hydrogen-bond donors (Lipinski definition) is 0. The van der Waals surface area contributed by atoms with E-state index >= 15 is 0 Å². The minimum atomic E-state index is -0.0816. The van der Waals surface area contributed by atoms with Gasteiger partial charge in [0.1, 0.15) is 0 Å². The second-order valence-electron chi connectivity index (χ2n) is 6.47. The number of anilines is 1. The Hall–Kier alpha value is -2.24. The van der Waals surface area contributed by atoms with E-state index in [0.717, 1.165) is 47.3 Å². The highest BCUT2D eigenvalue weighted by molar-refractivity contribution is 7.99. The van der Waals surface area contributed by atoms with Crippen LogP contribution in [-0.4, -0.2) is 41.1 Å². The molecule has 27 heavy (non-hydrogen) atoms. The van der Waals surface area contributed by atoms with Crippen molar-refractivity contribution in [3.8, 4) is 0 Å². The van der Waals surface area contributed by atoms with E-state index in [4.69, 9.17) is 11.6 Å². The van der Waals surface area contributed by atoms with Crippen LogP contribution in [-0.2, 0) is 4.79 Å². The van der Waals surface area contributed by atoms with Crippen LogP contribution >= 0.6 is 23.4 Å². The van der Waals surface area contributed by atoms with Crippen molar-refractivity contribution in [2.24, 2.45) is 5.10 Å². The van der Waals surface area contributed by atoms with E-state index in [2.05, 4.69) is 10.0 Å². The lowest BCUT2D eigenvalue weighted by Crippen LogP contribution is -2.34. The highest BCUT2D eigenvalue weighted by Gasteiger charge is 2.34. The smallest absolute Gasteiger partial charge is 0.282 e. The topological polar surface area (TPSA) is 35.9 Å². The number of benzene rings is 2. The van der Waals surface area contributed by atoms with Crippen molar-refractivity contribution in [3.63, 3.8) is 0 Å². The number of thioether (sulfide) groups is 1. The van der Waals surface area contributed by atoms with Gasteiger partial charge in [0, 0.05) is 29.6 Å². The van der Waals surface area contributed by atoms with E-state index in [1.54, 1.807) is 0 Å². The maximum atomic E-state index is 13.3. The predicted octanol–water partition coefficient (Wildman–Crippen LogP) is 4.52. The number of rotatable bonds is 3. The molecule has 4 nitrogen and oxygen atoms in total. The Labute approximate surface area is 168 Å². The molecule has 2 heterocycles. The summed E-state index contributed by atoms with van der Waals surface area (Å²) in [6.45, 7) is 3.74. The van der Waals surface area contributed by atoms with Crippen LogP contribution < -0.4 is 5.01 Å². The Balaban J connectivity index is 1.82. The zero-order chi connectivity index (χ0) is 18.8. The van der Waals surface area contributed by atoms with Gasteiger partial charge in [-0.15, -0.1) is 0 Å². The van der Waals surface area contributed by atoms with E-state index in [1.807, 2.05) is 73.3 Å². The second kappa shape index (κ2) is 7.79. The monoisotopic (exact) mass is 397 g/mol. The fraction of sp³-hybridized carbons (Fsp3) is 0.238. The van der Waals surface area contributed by atoms with Crippen molar-refractivity contribution in [2.45, 2.75) is 6.92 Å². The molecule has 0 N–H and O–H groups in total. The SMILES string of the molecule is CC1=NN(c2ccccc2)C(=O)/C1=C(/c1ccc(Cl)cc1)N1CCSCC1. The summed E-state index contributed by atoms with van der Waals surface area (Å²) in [5, 5.41) is 6.75. The number of carbonyl (C=O) groups excluding carboxylic acids is 1. The quantitative estimate of drug-likeness (QED) is 0.714. The Morgan fingerprint density at radius 1 is 1.04 bits per heavy atom. The van der Waals surface area contributed by atoms with E-state index < -0.39 is 0 Å². The fourth-order valence-corrected chi connectivity index (χ4v) is 4.43. The van der Waals surface area contributed by atoms with Gasteiger partial charge in [-0.05, 0) is 36.8 Å². The summed E-state index contributed by atoms with van der Waals surface area (Å²) in [6.07, 6.45) is 0. The number of amides is 1. The molecule has 0 spiro atoms. The normalized spacial score (nSPS) is 19.3. The third-order valence-corrected chi connectivity index (χ3v) is 5.90. The molecular formula is C21H20ClN3OS. The first-order valence-electron chi connectivity index (χ1n) is 8.93. The van der Waals surface area contributed by atoms with Crippen molar-refractivity contribution in [1.82, 2.24) is 4.90 Å². The third kappa shape index (κ3) is 3.62. The molecule has 2 aliphatic heterocycles. The summed E-state index contributed by atoms with van der Waals surface area (Å²) in [7, 11) is 0. The summed E-state index contributed by atoms with van der Waals surface area (Å²) < 4.78 is 0. The van der Waals surface area contributed by atoms with Gasteiger partial charge >= 0.3 is 0 Å². The summed E-state index contributed by atoms with van der Waals surface area (Å²) >= 11 is 8.03. The van der Waals surface area contributed by atoms with Gasteiger partial charge < -0.3 is 4.90 Å². The van der Waals surface area contributed by atoms with E-state index in [1.165, 1.54) is 5.01 Å². The highest BCUT2D eigenvalue weighted by Crippen LogP contribution is 2.33. The zero-order valence-electron chi connectivity index (χ0n) is 15.1. The molecule has 0 aromatic heterocycles. The summed E-state index contributed by atoms with van der Waals surface area (Å²) in [5.74, 6) is 2.02. The summed E-state index contributed by atoms with van der Waals surface area (Å²) in [4.78, 5) is 15.6. The van der Waals surface area contributed by atoms with Crippen LogP contribution in [0.4, 0.5) is 5.69 Å². The first-order chi connectivity index (χ1) is 13.1. The Morgan fingerprint density at radius 3 is 2.37 bits per heavy atom. The highest BCUT2D eigenvalue weighted by atomic mass is 35.5. The molecule has 138 valence electrons. The van der Waals surface area contributed by atoms with Gasteiger partial charge in [-0.25, -0.2) is 0 Å². The third-order valence-electron chi connectivity index (χ3n) is 4.70. The standard InChI is InChI=1S/C21H20ClN3OS/c1-15-19(21(26)25(23-15)18-5-3-2-4-6-18)20(24-11-13-27-14-12-24)16-7-9-17(22)10-8-16/h2-10H,11-14H2,1H3/b20-19-. The van der Waals surface area contributed by atoms with E-state index in [0.29, 0.717) is 10.6 Å². The van der Waals surface area contributed by atoms with Crippen LogP contribution in [0, 0.1) is 0 Å². The Bertz CT molecular complexity index is 903. The van der Waals surface area contributed by atoms with Crippen molar-refractivity contribution in [1.29, 1.82) is 0 Å². The molecule has 0 unspecified atom stereocenters. The minimum absolute atomic E-state index is 0.0816. The van der Waals surface area contributed by atoms with Crippen LogP contribution in [0.5, 0.6) is 0 Å². The molecule has 0 atom stereocenters. The van der Waals surface area contributed by atoms with Crippen LogP contribution in [0.1, 0.15) is 12.5 Å². The molecule has 2 aromatic carbocycles. The number of hydrogen-bond acceptors (Lipinski definition) is 4. The molecule has 6 heteroatoms. The molecule has 1 saturated heterocycles. The molecule has 2 aromatic rings. The van der Waals surface area contributed by atoms with Crippen LogP contribution in [0.25, 0.3) is 5.70 Å². The van der Waals surface area contributed by atoms with Crippen molar-refractivity contribution >= 4 is 46.4 Å². The first kappa shape index (κ1) is 18.1. The maximum Gasteiger partial charge on any atom is 0.282 e. The average molecular weight is 398 g/mol. The Morgan fingerprint density at radius 2 is 1.70 bits per heavy atom. The maximum absolute atomic E-state index is 13.3. The van der Waals surface area contributed by atoms with Crippen molar-refractivity contribution in [2.75, 3.05) is 29.6 Å². The van der Waals surface area contributed by atoms with E-state index in [-0.39, 0.29) is 5.91 Å². The molecule has 1 amide bonds. The van der Waals surface area contributed by atoms with Crippen LogP contribution in [0.2, 0.25) is 5.02 Å². The Kier molecular flexibility index (Phi) is 5.23. The first-order valence-corrected chi connectivity index (χ1v) is 10.5. The van der Waals surface area contributed by atoms with Crippen molar-refractivity contribution < 1.29 is 4.79 Å². The van der Waals surface area contributed by atoms with Crippen LogP contribution in [0.3, 0.4) is 0 Å². The predicted molar refractivity (Wildman–Crippen MR) is 114 cm³/mol. The molecule has 0 saturated carbocycles. The number of hydrazone groups is 1. The number of halogens is 1. The van der Waals surface area contributed by atoms with Gasteiger partial charge in [0.15, 0.2) is 0 Å². The lowest BCUT2D eigenvalue weighted by molar-refractivity contribution is -0.114. The summed E-state index contributed by atoms with van der Waals surface area (Å²) in [5.41, 5.74) is 4.15. The lowest BCUT2D eigenvalue weighted by Gasteiger charge is -2.32. The van der Waals surface area contributed by atoms with Gasteiger partial charge in [-0.3, -0.25) is 4.79 Å². The average Bonchev–Trinajstić information content (AvgIpc) is 3.00. The fourth-order valence-electron chi connectivity index (χ4n) is 3.40. The minimum Gasteiger partial charge on any atom is -0.369 e. The molecule has 0 aliphatic carbocycles. The summed E-state index contributed by atoms with van der Waals surface area (Å²) in [6, 6.07) is 17.3. The van der Waals surface area contributed by atoms with Crippen LogP contribution in [0.15, 0.2) is 65.3 Å². The van der Waals surface area contributed by atoms with Gasteiger partial charge in [0.05, 0.1) is 22.7 Å². The molecule has 0 bridgehead atoms. The van der Waals surface area contributed by atoms with Gasteiger partial charge in [0.2, 0.25) is 0 Å². The van der Waals surface area contributed by atoms with Gasteiger partial charge in [0.25, 0.3) is 5.91 Å². The zero-order valence-corrected chi connectivity index (χ0v) is 16.6. The van der Waals surface area contributed by atoms with Gasteiger partial charge in [-0.1, -0.05) is 41.9 Å². The van der Waals surface area contributed by atoms with E-state index in [9.17, 15) is 4.79 Å². The van der Waals surface area contributed by atoms with Gasteiger partial charge in [-0.2, -0.15) is 21.9 Å². The molecule has 1 fully saturated rings. The molecular weight excluding hydrogens is 378 g/mol. The molecule has 4 rings (SSSR count). The number of carbonyl (C=O) groups is 1. The molecule has 2 aliphatic rings.